The molecule has 9 nitrogen and oxygen atoms in total. The van der Waals surface area contributed by atoms with Gasteiger partial charge in [0.05, 0.1) is 35.9 Å². The highest BCUT2D eigenvalue weighted by atomic mass is 16.5. The summed E-state index contributed by atoms with van der Waals surface area (Å²) in [6.45, 7) is 6.45. The predicted octanol–water partition coefficient (Wildman–Crippen LogP) is 1.95. The second-order valence-corrected chi connectivity index (χ2v) is 7.82. The molecule has 0 bridgehead atoms. The number of fused-ring (bicyclic) bond motifs is 2. The molecule has 1 saturated heterocycles. The van der Waals surface area contributed by atoms with Crippen LogP contribution in [-0.2, 0) is 11.3 Å². The molecule has 1 fully saturated rings. The van der Waals surface area contributed by atoms with Gasteiger partial charge in [-0.3, -0.25) is 9.36 Å². The van der Waals surface area contributed by atoms with Crippen molar-refractivity contribution in [1.29, 1.82) is 0 Å². The van der Waals surface area contributed by atoms with E-state index in [4.69, 9.17) is 4.74 Å². The van der Waals surface area contributed by atoms with Crippen LogP contribution in [-0.4, -0.2) is 64.4 Å². The van der Waals surface area contributed by atoms with Crippen molar-refractivity contribution in [3.05, 3.63) is 53.0 Å². The third kappa shape index (κ3) is 3.61. The number of hydrogen-bond acceptors (Lipinski definition) is 7. The normalized spacial score (nSPS) is 14.6. The van der Waals surface area contributed by atoms with Crippen LogP contribution in [0, 0.1) is 6.92 Å². The molecule has 0 atom stereocenters. The minimum atomic E-state index is -0.0348. The highest BCUT2D eigenvalue weighted by molar-refractivity contribution is 5.87. The van der Waals surface area contributed by atoms with Gasteiger partial charge in [-0.1, -0.05) is 0 Å². The van der Waals surface area contributed by atoms with E-state index in [1.165, 1.54) is 0 Å². The van der Waals surface area contributed by atoms with Crippen LogP contribution in [0.3, 0.4) is 0 Å². The highest BCUT2D eigenvalue weighted by Gasteiger charge is 2.21. The van der Waals surface area contributed by atoms with Crippen molar-refractivity contribution in [2.75, 3.05) is 49.7 Å². The number of aryl methyl sites for hydroxylation is 1. The Hall–Kier alpha value is -3.46. The number of aromatic nitrogens is 5. The Kier molecular flexibility index (Phi) is 5.03. The minimum Gasteiger partial charge on any atom is -0.383 e. The Balaban J connectivity index is 1.34. The Morgan fingerprint density at radius 3 is 2.65 bits per heavy atom. The molecule has 31 heavy (non-hydrogen) atoms. The SMILES string of the molecule is COCCn1cnc2cc(N3CCN(c4ncnc5cc(C)[nH]c45)CC3)ccc2c1=O. The molecule has 160 valence electrons. The maximum absolute atomic E-state index is 12.7. The van der Waals surface area contributed by atoms with E-state index >= 15 is 0 Å². The van der Waals surface area contributed by atoms with Gasteiger partial charge in [0.2, 0.25) is 0 Å². The molecule has 4 heterocycles. The smallest absolute Gasteiger partial charge is 0.261 e. The topological polar surface area (TPSA) is 92.2 Å². The fourth-order valence-electron chi connectivity index (χ4n) is 4.17. The number of benzene rings is 1. The standard InChI is InChI=1S/C22H25N7O2/c1-15-11-19-20(26-15)21(24-13-23-19)28-7-5-27(6-8-28)16-3-4-17-18(12-16)25-14-29(22(17)30)9-10-31-2/h3-4,11-14,26H,5-10H2,1-2H3. The Morgan fingerprint density at radius 1 is 1.03 bits per heavy atom. The van der Waals surface area contributed by atoms with Gasteiger partial charge in [0.25, 0.3) is 5.56 Å². The number of aromatic amines is 1. The van der Waals surface area contributed by atoms with E-state index in [-0.39, 0.29) is 5.56 Å². The van der Waals surface area contributed by atoms with Crippen molar-refractivity contribution in [2.24, 2.45) is 0 Å². The van der Waals surface area contributed by atoms with E-state index in [0.29, 0.717) is 18.5 Å². The molecule has 1 N–H and O–H groups in total. The van der Waals surface area contributed by atoms with Gasteiger partial charge in [-0.15, -0.1) is 0 Å². The van der Waals surface area contributed by atoms with E-state index in [2.05, 4.69) is 29.7 Å². The summed E-state index contributed by atoms with van der Waals surface area (Å²) < 4.78 is 6.66. The van der Waals surface area contributed by atoms with Crippen molar-refractivity contribution in [3.63, 3.8) is 0 Å². The zero-order valence-corrected chi connectivity index (χ0v) is 17.7. The highest BCUT2D eigenvalue weighted by Crippen LogP contribution is 2.26. The van der Waals surface area contributed by atoms with E-state index < -0.39 is 0 Å². The van der Waals surface area contributed by atoms with Gasteiger partial charge in [-0.2, -0.15) is 0 Å². The lowest BCUT2D eigenvalue weighted by Crippen LogP contribution is -2.47. The number of rotatable bonds is 5. The van der Waals surface area contributed by atoms with Crippen molar-refractivity contribution < 1.29 is 4.74 Å². The number of hydrogen-bond donors (Lipinski definition) is 1. The number of H-pyrrole nitrogens is 1. The van der Waals surface area contributed by atoms with Crippen molar-refractivity contribution in [3.8, 4) is 0 Å². The largest absolute Gasteiger partial charge is 0.383 e. The van der Waals surface area contributed by atoms with Crippen LogP contribution in [0.15, 0.2) is 41.7 Å². The zero-order valence-electron chi connectivity index (χ0n) is 17.7. The van der Waals surface area contributed by atoms with Crippen molar-refractivity contribution in [2.45, 2.75) is 13.5 Å². The summed E-state index contributed by atoms with van der Waals surface area (Å²) in [4.78, 5) is 34.1. The van der Waals surface area contributed by atoms with E-state index in [9.17, 15) is 4.79 Å². The van der Waals surface area contributed by atoms with Crippen LogP contribution in [0.25, 0.3) is 21.9 Å². The summed E-state index contributed by atoms with van der Waals surface area (Å²) >= 11 is 0. The number of methoxy groups -OCH3 is 1. The van der Waals surface area contributed by atoms with Gasteiger partial charge in [0.1, 0.15) is 11.8 Å². The average molecular weight is 419 g/mol. The van der Waals surface area contributed by atoms with Crippen molar-refractivity contribution >= 4 is 33.4 Å². The molecule has 0 spiro atoms. The maximum Gasteiger partial charge on any atom is 0.261 e. The maximum atomic E-state index is 12.7. The molecule has 9 heteroatoms. The molecule has 1 aromatic carbocycles. The lowest BCUT2D eigenvalue weighted by molar-refractivity contribution is 0.186. The summed E-state index contributed by atoms with van der Waals surface area (Å²) in [5, 5.41) is 0.631. The summed E-state index contributed by atoms with van der Waals surface area (Å²) in [6.07, 6.45) is 3.23. The zero-order chi connectivity index (χ0) is 21.4. The van der Waals surface area contributed by atoms with Gasteiger partial charge >= 0.3 is 0 Å². The van der Waals surface area contributed by atoms with E-state index in [0.717, 1.165) is 59.9 Å². The van der Waals surface area contributed by atoms with Crippen molar-refractivity contribution in [1.82, 2.24) is 24.5 Å². The molecule has 4 aromatic rings. The Bertz CT molecular complexity index is 1290. The summed E-state index contributed by atoms with van der Waals surface area (Å²) in [6, 6.07) is 7.94. The fourth-order valence-corrected chi connectivity index (χ4v) is 4.17. The van der Waals surface area contributed by atoms with Crippen LogP contribution in [0.5, 0.6) is 0 Å². The molecule has 0 aliphatic carbocycles. The molecular formula is C22H25N7O2. The Labute approximate surface area is 179 Å². The van der Waals surface area contributed by atoms with E-state index in [1.54, 1.807) is 24.3 Å². The van der Waals surface area contributed by atoms with Gasteiger partial charge in [-0.05, 0) is 31.2 Å². The molecule has 0 radical (unpaired) electrons. The third-order valence-corrected chi connectivity index (χ3v) is 5.82. The monoisotopic (exact) mass is 419 g/mol. The lowest BCUT2D eigenvalue weighted by Gasteiger charge is -2.36. The van der Waals surface area contributed by atoms with Crippen LogP contribution in [0.1, 0.15) is 5.69 Å². The van der Waals surface area contributed by atoms with Gasteiger partial charge in [0, 0.05) is 44.7 Å². The first-order valence-electron chi connectivity index (χ1n) is 10.4. The van der Waals surface area contributed by atoms with Gasteiger partial charge in [0.15, 0.2) is 5.82 Å². The molecule has 3 aromatic heterocycles. The molecular weight excluding hydrogens is 394 g/mol. The first kappa shape index (κ1) is 19.5. The van der Waals surface area contributed by atoms with Crippen LogP contribution in [0.2, 0.25) is 0 Å². The minimum absolute atomic E-state index is 0.0348. The molecule has 0 saturated carbocycles. The number of ether oxygens (including phenoxy) is 1. The Morgan fingerprint density at radius 2 is 1.84 bits per heavy atom. The number of nitrogens with zero attached hydrogens (tertiary/aromatic N) is 6. The van der Waals surface area contributed by atoms with E-state index in [1.807, 2.05) is 31.2 Å². The molecule has 5 rings (SSSR count). The molecule has 1 aliphatic rings. The first-order chi connectivity index (χ1) is 15.1. The quantitative estimate of drug-likeness (QED) is 0.529. The second kappa shape index (κ2) is 7.99. The second-order valence-electron chi connectivity index (χ2n) is 7.82. The van der Waals surface area contributed by atoms with Crippen LogP contribution < -0.4 is 15.4 Å². The molecule has 0 amide bonds. The first-order valence-corrected chi connectivity index (χ1v) is 10.4. The lowest BCUT2D eigenvalue weighted by atomic mass is 10.2. The van der Waals surface area contributed by atoms with Gasteiger partial charge in [-0.25, -0.2) is 15.0 Å². The predicted molar refractivity (Wildman–Crippen MR) is 121 cm³/mol. The van der Waals surface area contributed by atoms with Crippen LogP contribution >= 0.6 is 0 Å². The molecule has 1 aliphatic heterocycles. The fraction of sp³-hybridized carbons (Fsp3) is 0.364. The van der Waals surface area contributed by atoms with Crippen LogP contribution in [0.4, 0.5) is 11.5 Å². The average Bonchev–Trinajstić information content (AvgIpc) is 3.19. The summed E-state index contributed by atoms with van der Waals surface area (Å²) in [7, 11) is 1.62. The summed E-state index contributed by atoms with van der Waals surface area (Å²) in [5.74, 6) is 0.953. The van der Waals surface area contributed by atoms with Gasteiger partial charge < -0.3 is 19.5 Å². The number of nitrogens with one attached hydrogen (secondary N) is 1. The molecule has 0 unspecified atom stereocenters. The summed E-state index contributed by atoms with van der Waals surface area (Å²) in [5.41, 5.74) is 4.79. The number of anilines is 2. The third-order valence-electron chi connectivity index (χ3n) is 5.82. The number of piperazine rings is 1.